The summed E-state index contributed by atoms with van der Waals surface area (Å²) in [6.45, 7) is 1.44. The Kier molecular flexibility index (Phi) is 4.64. The summed E-state index contributed by atoms with van der Waals surface area (Å²) in [5, 5.41) is 11.2. The van der Waals surface area contributed by atoms with Crippen LogP contribution in [0.3, 0.4) is 0 Å². The average Bonchev–Trinajstić information content (AvgIpc) is 2.47. The Morgan fingerprint density at radius 3 is 2.90 bits per heavy atom. The maximum absolute atomic E-state index is 13.8. The molecule has 2 rings (SSSR count). The number of aliphatic hydroxyl groups excluding tert-OH is 1. The van der Waals surface area contributed by atoms with Crippen molar-refractivity contribution < 1.29 is 14.3 Å². The molecule has 1 aromatic carbocycles. The highest BCUT2D eigenvalue weighted by Crippen LogP contribution is 2.15. The van der Waals surface area contributed by atoms with E-state index in [4.69, 9.17) is 5.11 Å². The van der Waals surface area contributed by atoms with Crippen LogP contribution in [-0.2, 0) is 0 Å². The third-order valence-corrected chi connectivity index (χ3v) is 2.75. The van der Waals surface area contributed by atoms with Crippen molar-refractivity contribution in [2.45, 2.75) is 6.92 Å². The molecular weight excluding hydrogens is 271 g/mol. The van der Waals surface area contributed by atoms with E-state index in [0.717, 1.165) is 5.56 Å². The van der Waals surface area contributed by atoms with Gasteiger partial charge < -0.3 is 10.4 Å². The molecule has 0 spiro atoms. The van der Waals surface area contributed by atoms with Crippen LogP contribution in [0, 0.1) is 24.6 Å². The lowest BCUT2D eigenvalue weighted by Crippen LogP contribution is -2.15. The molecule has 0 saturated carbocycles. The number of halogens is 1. The number of carbonyl (C=O) groups is 1. The van der Waals surface area contributed by atoms with Crippen LogP contribution >= 0.6 is 0 Å². The van der Waals surface area contributed by atoms with Crippen LogP contribution in [-0.4, -0.2) is 22.6 Å². The first kappa shape index (κ1) is 14.7. The number of amides is 1. The van der Waals surface area contributed by atoms with Crippen molar-refractivity contribution in [3.8, 4) is 11.8 Å². The minimum Gasteiger partial charge on any atom is -0.384 e. The second-order valence-electron chi connectivity index (χ2n) is 4.28. The first-order valence-electron chi connectivity index (χ1n) is 6.24. The van der Waals surface area contributed by atoms with E-state index in [-0.39, 0.29) is 12.2 Å². The van der Waals surface area contributed by atoms with E-state index >= 15 is 0 Å². The minimum absolute atomic E-state index is 0.163. The fourth-order valence-corrected chi connectivity index (χ4v) is 1.74. The van der Waals surface area contributed by atoms with Gasteiger partial charge in [0.2, 0.25) is 0 Å². The molecule has 0 aliphatic rings. The lowest BCUT2D eigenvalue weighted by atomic mass is 10.1. The van der Waals surface area contributed by atoms with Gasteiger partial charge in [0, 0.05) is 11.9 Å². The molecule has 106 valence electrons. The van der Waals surface area contributed by atoms with Gasteiger partial charge >= 0.3 is 0 Å². The lowest BCUT2D eigenvalue weighted by molar-refractivity contribution is 0.102. The summed E-state index contributed by atoms with van der Waals surface area (Å²) in [4.78, 5) is 16.0. The lowest BCUT2D eigenvalue weighted by Gasteiger charge is -2.07. The molecule has 0 bridgehead atoms. The Morgan fingerprint density at radius 1 is 1.43 bits per heavy atom. The van der Waals surface area contributed by atoms with Crippen molar-refractivity contribution in [1.29, 1.82) is 0 Å². The van der Waals surface area contributed by atoms with E-state index < -0.39 is 11.7 Å². The Hall–Kier alpha value is -2.71. The highest BCUT2D eigenvalue weighted by atomic mass is 19.1. The van der Waals surface area contributed by atoms with Gasteiger partial charge in [-0.2, -0.15) is 0 Å². The standard InChI is InChI=1S/C16H13FN2O2/c1-11-4-2-8-18-15(11)16(21)19-13-7-6-12(5-3-9-20)14(17)10-13/h2,4,6-8,10,20H,9H2,1H3,(H,19,21). The summed E-state index contributed by atoms with van der Waals surface area (Å²) in [6, 6.07) is 7.67. The number of benzene rings is 1. The highest BCUT2D eigenvalue weighted by Gasteiger charge is 2.11. The molecule has 0 saturated heterocycles. The highest BCUT2D eigenvalue weighted by molar-refractivity contribution is 6.03. The number of aliphatic hydroxyl groups is 1. The number of pyridine rings is 1. The number of rotatable bonds is 2. The summed E-state index contributed by atoms with van der Waals surface area (Å²) in [7, 11) is 0. The Labute approximate surface area is 121 Å². The van der Waals surface area contributed by atoms with Crippen molar-refractivity contribution in [1.82, 2.24) is 4.98 Å². The molecule has 21 heavy (non-hydrogen) atoms. The van der Waals surface area contributed by atoms with Crippen LogP contribution < -0.4 is 5.32 Å². The fourth-order valence-electron chi connectivity index (χ4n) is 1.74. The minimum atomic E-state index is -0.563. The van der Waals surface area contributed by atoms with Gasteiger partial charge in [-0.15, -0.1) is 0 Å². The van der Waals surface area contributed by atoms with Crippen molar-refractivity contribution in [2.75, 3.05) is 11.9 Å². The van der Waals surface area contributed by atoms with Gasteiger partial charge in [-0.25, -0.2) is 4.39 Å². The molecule has 2 N–H and O–H groups in total. The molecule has 1 heterocycles. The molecule has 4 nitrogen and oxygen atoms in total. The molecular formula is C16H13FN2O2. The largest absolute Gasteiger partial charge is 0.384 e. The van der Waals surface area contributed by atoms with E-state index in [1.165, 1.54) is 18.3 Å². The molecule has 0 atom stereocenters. The molecule has 0 aliphatic carbocycles. The summed E-state index contributed by atoms with van der Waals surface area (Å²) in [5.74, 6) is 3.89. The Morgan fingerprint density at radius 2 is 2.24 bits per heavy atom. The zero-order valence-corrected chi connectivity index (χ0v) is 11.4. The molecule has 0 aliphatic heterocycles. The fraction of sp³-hybridized carbons (Fsp3) is 0.125. The van der Waals surface area contributed by atoms with Crippen molar-refractivity contribution >= 4 is 11.6 Å². The number of nitrogens with zero attached hydrogens (tertiary/aromatic N) is 1. The summed E-state index contributed by atoms with van der Waals surface area (Å²) < 4.78 is 13.8. The molecule has 0 fully saturated rings. The van der Waals surface area contributed by atoms with Crippen molar-refractivity contribution in [3.63, 3.8) is 0 Å². The monoisotopic (exact) mass is 284 g/mol. The molecule has 1 aromatic heterocycles. The number of carbonyl (C=O) groups excluding carboxylic acids is 1. The second-order valence-corrected chi connectivity index (χ2v) is 4.28. The molecule has 0 unspecified atom stereocenters. The molecule has 2 aromatic rings. The van der Waals surface area contributed by atoms with Gasteiger partial charge in [0.05, 0.1) is 5.56 Å². The van der Waals surface area contributed by atoms with Gasteiger partial charge in [0.25, 0.3) is 5.91 Å². The zero-order chi connectivity index (χ0) is 15.2. The molecule has 1 amide bonds. The van der Waals surface area contributed by atoms with Gasteiger partial charge in [-0.1, -0.05) is 17.9 Å². The molecule has 5 heteroatoms. The summed E-state index contributed by atoms with van der Waals surface area (Å²) in [5.41, 5.74) is 1.51. The van der Waals surface area contributed by atoms with Crippen LogP contribution in [0.25, 0.3) is 0 Å². The van der Waals surface area contributed by atoms with E-state index in [0.29, 0.717) is 11.4 Å². The number of nitrogens with one attached hydrogen (secondary N) is 1. The Balaban J connectivity index is 2.19. The van der Waals surface area contributed by atoms with Gasteiger partial charge in [-0.05, 0) is 36.8 Å². The van der Waals surface area contributed by atoms with Crippen LogP contribution in [0.2, 0.25) is 0 Å². The van der Waals surface area contributed by atoms with E-state index in [2.05, 4.69) is 22.1 Å². The normalized spacial score (nSPS) is 9.67. The van der Waals surface area contributed by atoms with Gasteiger partial charge in [-0.3, -0.25) is 9.78 Å². The van der Waals surface area contributed by atoms with Crippen LogP contribution in [0.5, 0.6) is 0 Å². The van der Waals surface area contributed by atoms with E-state index in [9.17, 15) is 9.18 Å². The average molecular weight is 284 g/mol. The zero-order valence-electron chi connectivity index (χ0n) is 11.4. The third-order valence-electron chi connectivity index (χ3n) is 2.75. The summed E-state index contributed by atoms with van der Waals surface area (Å²) >= 11 is 0. The second kappa shape index (κ2) is 6.64. The predicted octanol–water partition coefficient (Wildman–Crippen LogP) is 2.13. The maximum atomic E-state index is 13.8. The maximum Gasteiger partial charge on any atom is 0.274 e. The van der Waals surface area contributed by atoms with Crippen molar-refractivity contribution in [3.05, 3.63) is 59.2 Å². The SMILES string of the molecule is Cc1cccnc1C(=O)Nc1ccc(C#CCO)c(F)c1. The van der Waals surface area contributed by atoms with Crippen LogP contribution in [0.15, 0.2) is 36.5 Å². The van der Waals surface area contributed by atoms with Gasteiger partial charge in [0.1, 0.15) is 18.1 Å². The first-order chi connectivity index (χ1) is 10.1. The van der Waals surface area contributed by atoms with Crippen molar-refractivity contribution in [2.24, 2.45) is 0 Å². The van der Waals surface area contributed by atoms with E-state index in [1.807, 2.05) is 0 Å². The number of aryl methyl sites for hydroxylation is 1. The third kappa shape index (κ3) is 3.65. The molecule has 0 radical (unpaired) electrons. The Bertz CT molecular complexity index is 733. The number of hydrogen-bond donors (Lipinski definition) is 2. The first-order valence-corrected chi connectivity index (χ1v) is 6.24. The van der Waals surface area contributed by atoms with Crippen LogP contribution in [0.1, 0.15) is 21.6 Å². The predicted molar refractivity (Wildman–Crippen MR) is 77.3 cm³/mol. The number of anilines is 1. The van der Waals surface area contributed by atoms with Gasteiger partial charge in [0.15, 0.2) is 0 Å². The number of hydrogen-bond acceptors (Lipinski definition) is 3. The van der Waals surface area contributed by atoms with E-state index in [1.54, 1.807) is 25.1 Å². The quantitative estimate of drug-likeness (QED) is 0.830. The summed E-state index contributed by atoms with van der Waals surface area (Å²) in [6.07, 6.45) is 1.52. The smallest absolute Gasteiger partial charge is 0.274 e. The number of aromatic nitrogens is 1. The van der Waals surface area contributed by atoms with Crippen LogP contribution in [0.4, 0.5) is 10.1 Å². The topological polar surface area (TPSA) is 62.2 Å².